The normalized spacial score (nSPS) is 40.8. The standard InChI is InChI=1S/C36H50O3/c1-24(16-21-36(39,25-10-6-4-7-11-25)26-12-8-5-9-13-26)29-14-15-30-33-31(18-20-35(29,30)3)34(2)19-17-28(37)22-27(34)23-32(33)38/h4-13,24,27-33,37-39H,14-23H2,1-3H3/t24-,27+,28-,29-,30?,31?,32?,33?,34+,35-/m1/s1. The fourth-order valence-corrected chi connectivity index (χ4v) is 10.7. The van der Waals surface area contributed by atoms with E-state index in [9.17, 15) is 15.3 Å². The topological polar surface area (TPSA) is 60.7 Å². The summed E-state index contributed by atoms with van der Waals surface area (Å²) in [4.78, 5) is 0. The van der Waals surface area contributed by atoms with Crippen LogP contribution in [0, 0.1) is 46.3 Å². The smallest absolute Gasteiger partial charge is 0.115 e. The maximum absolute atomic E-state index is 12.1. The Morgan fingerprint density at radius 3 is 2.03 bits per heavy atom. The van der Waals surface area contributed by atoms with Gasteiger partial charge in [0.15, 0.2) is 0 Å². The summed E-state index contributed by atoms with van der Waals surface area (Å²) < 4.78 is 0. The SMILES string of the molecule is C[C@H](CCC(O)(c1ccccc1)c1ccccc1)[C@H]1CCC2C3C(O)C[C@@H]4C[C@H](O)CC[C@]4(C)C3CC[C@@]21C. The first kappa shape index (κ1) is 27.5. The van der Waals surface area contributed by atoms with Gasteiger partial charge in [-0.1, -0.05) is 81.4 Å². The van der Waals surface area contributed by atoms with E-state index in [1.54, 1.807) is 0 Å². The average Bonchev–Trinajstić information content (AvgIpc) is 3.30. The summed E-state index contributed by atoms with van der Waals surface area (Å²) in [7, 11) is 0. The number of fused-ring (bicyclic) bond motifs is 5. The molecule has 0 radical (unpaired) electrons. The molecular formula is C36H50O3. The van der Waals surface area contributed by atoms with Crippen molar-refractivity contribution in [2.75, 3.05) is 0 Å². The second-order valence-electron chi connectivity index (χ2n) is 14.6. The molecule has 10 atom stereocenters. The van der Waals surface area contributed by atoms with E-state index in [0.717, 1.165) is 49.7 Å². The lowest BCUT2D eigenvalue weighted by Gasteiger charge is -2.62. The lowest BCUT2D eigenvalue weighted by Crippen LogP contribution is -2.58. The lowest BCUT2D eigenvalue weighted by molar-refractivity contribution is -0.174. The molecule has 39 heavy (non-hydrogen) atoms. The molecule has 2 aromatic carbocycles. The highest BCUT2D eigenvalue weighted by molar-refractivity contribution is 5.35. The van der Waals surface area contributed by atoms with E-state index in [1.807, 2.05) is 36.4 Å². The van der Waals surface area contributed by atoms with Gasteiger partial charge in [0.05, 0.1) is 12.2 Å². The molecule has 4 aliphatic carbocycles. The maximum atomic E-state index is 12.1. The fourth-order valence-electron chi connectivity index (χ4n) is 10.7. The van der Waals surface area contributed by atoms with Gasteiger partial charge >= 0.3 is 0 Å². The van der Waals surface area contributed by atoms with Crippen LogP contribution in [0.5, 0.6) is 0 Å². The zero-order valence-corrected chi connectivity index (χ0v) is 24.3. The van der Waals surface area contributed by atoms with Crippen LogP contribution in [-0.2, 0) is 5.60 Å². The number of hydrogen-bond acceptors (Lipinski definition) is 3. The predicted octanol–water partition coefficient (Wildman–Crippen LogP) is 7.33. The Balaban J connectivity index is 1.21. The largest absolute Gasteiger partial charge is 0.393 e. The van der Waals surface area contributed by atoms with Crippen LogP contribution in [0.1, 0.15) is 96.1 Å². The van der Waals surface area contributed by atoms with Crippen LogP contribution in [0.25, 0.3) is 0 Å². The first-order valence-electron chi connectivity index (χ1n) is 15.9. The Morgan fingerprint density at radius 2 is 1.38 bits per heavy atom. The van der Waals surface area contributed by atoms with Crippen molar-refractivity contribution in [1.82, 2.24) is 0 Å². The average molecular weight is 531 g/mol. The van der Waals surface area contributed by atoms with Crippen LogP contribution in [0.2, 0.25) is 0 Å². The van der Waals surface area contributed by atoms with E-state index in [0.29, 0.717) is 35.5 Å². The van der Waals surface area contributed by atoms with E-state index < -0.39 is 5.60 Å². The molecule has 6 rings (SSSR count). The van der Waals surface area contributed by atoms with Crippen molar-refractivity contribution >= 4 is 0 Å². The Hall–Kier alpha value is -1.68. The van der Waals surface area contributed by atoms with E-state index in [2.05, 4.69) is 45.0 Å². The van der Waals surface area contributed by atoms with Crippen LogP contribution < -0.4 is 0 Å². The lowest BCUT2D eigenvalue weighted by atomic mass is 9.43. The predicted molar refractivity (Wildman–Crippen MR) is 157 cm³/mol. The van der Waals surface area contributed by atoms with Gasteiger partial charge in [0.2, 0.25) is 0 Å². The molecule has 212 valence electrons. The molecule has 4 saturated carbocycles. The zero-order chi connectivity index (χ0) is 27.4. The van der Waals surface area contributed by atoms with Gasteiger partial charge in [-0.3, -0.25) is 0 Å². The summed E-state index contributed by atoms with van der Waals surface area (Å²) in [5.74, 6) is 3.20. The maximum Gasteiger partial charge on any atom is 0.115 e. The third kappa shape index (κ3) is 4.52. The second kappa shape index (κ2) is 10.3. The highest BCUT2D eigenvalue weighted by Crippen LogP contribution is 2.68. The van der Waals surface area contributed by atoms with Crippen LogP contribution >= 0.6 is 0 Å². The summed E-state index contributed by atoms with van der Waals surface area (Å²) in [6.45, 7) is 7.48. The minimum absolute atomic E-state index is 0.178. The molecule has 3 heteroatoms. The van der Waals surface area contributed by atoms with Gasteiger partial charge < -0.3 is 15.3 Å². The van der Waals surface area contributed by atoms with E-state index in [4.69, 9.17) is 0 Å². The molecule has 2 aromatic rings. The molecular weight excluding hydrogens is 480 g/mol. The van der Waals surface area contributed by atoms with Crippen LogP contribution in [0.15, 0.2) is 60.7 Å². The number of aliphatic hydroxyl groups excluding tert-OH is 2. The molecule has 3 N–H and O–H groups in total. The van der Waals surface area contributed by atoms with Gasteiger partial charge in [-0.15, -0.1) is 0 Å². The van der Waals surface area contributed by atoms with Gasteiger partial charge in [0.1, 0.15) is 5.60 Å². The monoisotopic (exact) mass is 530 g/mol. The number of rotatable bonds is 6. The summed E-state index contributed by atoms with van der Waals surface area (Å²) in [6, 6.07) is 20.4. The Morgan fingerprint density at radius 1 is 0.795 bits per heavy atom. The summed E-state index contributed by atoms with van der Waals surface area (Å²) in [5.41, 5.74) is 1.50. The number of hydrogen-bond donors (Lipinski definition) is 3. The van der Waals surface area contributed by atoms with Gasteiger partial charge in [0, 0.05) is 0 Å². The molecule has 0 spiro atoms. The molecule has 0 aliphatic heterocycles. The van der Waals surface area contributed by atoms with Crippen molar-refractivity contribution in [1.29, 1.82) is 0 Å². The molecule has 0 amide bonds. The molecule has 4 fully saturated rings. The molecule has 0 heterocycles. The Kier molecular flexibility index (Phi) is 7.26. The van der Waals surface area contributed by atoms with Gasteiger partial charge in [0.25, 0.3) is 0 Å². The third-order valence-electron chi connectivity index (χ3n) is 12.9. The molecule has 4 unspecified atom stereocenters. The number of benzene rings is 2. The van der Waals surface area contributed by atoms with Crippen molar-refractivity contribution in [2.24, 2.45) is 46.3 Å². The van der Waals surface area contributed by atoms with E-state index >= 15 is 0 Å². The highest BCUT2D eigenvalue weighted by Gasteiger charge is 2.62. The summed E-state index contributed by atoms with van der Waals surface area (Å²) in [6.07, 6.45) is 10.1. The van der Waals surface area contributed by atoms with Crippen molar-refractivity contribution in [3.8, 4) is 0 Å². The minimum Gasteiger partial charge on any atom is -0.393 e. The Bertz CT molecular complexity index is 1080. The van der Waals surface area contributed by atoms with E-state index in [1.165, 1.54) is 25.7 Å². The molecule has 4 aliphatic rings. The van der Waals surface area contributed by atoms with Crippen LogP contribution in [-0.4, -0.2) is 27.5 Å². The second-order valence-corrected chi connectivity index (χ2v) is 14.6. The van der Waals surface area contributed by atoms with Gasteiger partial charge in [-0.2, -0.15) is 0 Å². The first-order valence-corrected chi connectivity index (χ1v) is 15.9. The Labute approximate surface area is 236 Å². The molecule has 0 saturated heterocycles. The fraction of sp³-hybridized carbons (Fsp3) is 0.667. The van der Waals surface area contributed by atoms with Gasteiger partial charge in [-0.05, 0) is 122 Å². The van der Waals surface area contributed by atoms with Crippen molar-refractivity contribution in [3.63, 3.8) is 0 Å². The summed E-state index contributed by atoms with van der Waals surface area (Å²) in [5, 5.41) is 34.1. The van der Waals surface area contributed by atoms with E-state index in [-0.39, 0.29) is 23.0 Å². The van der Waals surface area contributed by atoms with Crippen molar-refractivity contribution < 1.29 is 15.3 Å². The number of aliphatic hydroxyl groups is 3. The van der Waals surface area contributed by atoms with Crippen LogP contribution in [0.3, 0.4) is 0 Å². The van der Waals surface area contributed by atoms with Crippen molar-refractivity contribution in [2.45, 2.75) is 103 Å². The third-order valence-corrected chi connectivity index (χ3v) is 12.9. The first-order chi connectivity index (χ1) is 18.7. The highest BCUT2D eigenvalue weighted by atomic mass is 16.3. The molecule has 0 aromatic heterocycles. The minimum atomic E-state index is -0.984. The van der Waals surface area contributed by atoms with Crippen molar-refractivity contribution in [3.05, 3.63) is 71.8 Å². The zero-order valence-electron chi connectivity index (χ0n) is 24.3. The summed E-state index contributed by atoms with van der Waals surface area (Å²) >= 11 is 0. The molecule has 0 bridgehead atoms. The van der Waals surface area contributed by atoms with Gasteiger partial charge in [-0.25, -0.2) is 0 Å². The quantitative estimate of drug-likeness (QED) is 0.366. The van der Waals surface area contributed by atoms with Crippen LogP contribution in [0.4, 0.5) is 0 Å². The molecule has 3 nitrogen and oxygen atoms in total.